The van der Waals surface area contributed by atoms with Crippen molar-refractivity contribution in [2.75, 3.05) is 0 Å². The molecule has 2 aromatic heterocycles. The van der Waals surface area contributed by atoms with E-state index in [-0.39, 0.29) is 0 Å². The molecule has 2 aromatic carbocycles. The minimum absolute atomic E-state index is 0.656. The first-order chi connectivity index (χ1) is 15.0. The maximum absolute atomic E-state index is 4.86. The molecule has 31 heavy (non-hydrogen) atoms. The molecule has 1 saturated carbocycles. The molecule has 0 saturated heterocycles. The van der Waals surface area contributed by atoms with Gasteiger partial charge < -0.3 is 0 Å². The van der Waals surface area contributed by atoms with E-state index in [1.165, 1.54) is 81.4 Å². The monoisotopic (exact) mass is 407 g/mol. The van der Waals surface area contributed by atoms with Crippen LogP contribution in [-0.2, 0) is 7.05 Å². The van der Waals surface area contributed by atoms with Crippen LogP contribution in [-0.4, -0.2) is 4.98 Å². The van der Waals surface area contributed by atoms with Gasteiger partial charge in [0.1, 0.15) is 7.05 Å². The average molecular weight is 408 g/mol. The second-order valence-electron chi connectivity index (χ2n) is 9.22. The molecule has 0 aliphatic heterocycles. The summed E-state index contributed by atoms with van der Waals surface area (Å²) in [5.41, 5.74) is 11.5. The highest BCUT2D eigenvalue weighted by Crippen LogP contribution is 2.35. The van der Waals surface area contributed by atoms with Crippen LogP contribution in [0.1, 0.15) is 54.0 Å². The normalized spacial score (nSPS) is 14.5. The Bertz CT molecular complexity index is 1260. The fourth-order valence-corrected chi connectivity index (χ4v) is 5.28. The summed E-state index contributed by atoms with van der Waals surface area (Å²) >= 11 is 0. The van der Waals surface area contributed by atoms with E-state index in [0.717, 1.165) is 0 Å². The molecule has 0 amide bonds. The molecule has 2 nitrogen and oxygen atoms in total. The molecule has 2 heteroatoms. The van der Waals surface area contributed by atoms with Gasteiger partial charge in [0.05, 0.1) is 5.39 Å². The summed E-state index contributed by atoms with van der Waals surface area (Å²) < 4.78 is 2.33. The van der Waals surface area contributed by atoms with Crippen molar-refractivity contribution in [1.29, 1.82) is 0 Å². The third-order valence-electron chi connectivity index (χ3n) is 7.17. The Morgan fingerprint density at radius 3 is 2.42 bits per heavy atom. The molecule has 5 rings (SSSR count). The fraction of sp³-hybridized carbons (Fsp3) is 0.310. The Morgan fingerprint density at radius 2 is 1.68 bits per heavy atom. The molecule has 0 atom stereocenters. The highest BCUT2D eigenvalue weighted by atomic mass is 14.9. The summed E-state index contributed by atoms with van der Waals surface area (Å²) in [6.45, 7) is 6.60. The van der Waals surface area contributed by atoms with Gasteiger partial charge in [-0.2, -0.15) is 4.57 Å². The summed E-state index contributed by atoms with van der Waals surface area (Å²) in [7, 11) is 2.18. The predicted octanol–water partition coefficient (Wildman–Crippen LogP) is 6.98. The zero-order valence-corrected chi connectivity index (χ0v) is 19.1. The number of fused-ring (bicyclic) bond motifs is 1. The number of hydrogen-bond donors (Lipinski definition) is 0. The van der Waals surface area contributed by atoms with Crippen LogP contribution in [0.3, 0.4) is 0 Å². The van der Waals surface area contributed by atoms with Gasteiger partial charge in [-0.1, -0.05) is 42.7 Å². The molecule has 2 heterocycles. The van der Waals surface area contributed by atoms with Gasteiger partial charge in [0.2, 0.25) is 11.2 Å². The van der Waals surface area contributed by atoms with E-state index >= 15 is 0 Å². The lowest BCUT2D eigenvalue weighted by Crippen LogP contribution is -2.32. The number of aromatic nitrogens is 2. The highest BCUT2D eigenvalue weighted by molar-refractivity contribution is 5.93. The Morgan fingerprint density at radius 1 is 0.871 bits per heavy atom. The standard InChI is InChI=1S/C29H31N2/c1-19-16-20(2)21(3)26(17-19)29-15-13-25-24(10-7-11-28(25)31(29)4)23-12-14-27(30-18-23)22-8-5-6-9-22/h7,10-18,22H,5-6,8-9H2,1-4H3/q+1. The number of aryl methyl sites for hydroxylation is 3. The fourth-order valence-electron chi connectivity index (χ4n) is 5.28. The lowest BCUT2D eigenvalue weighted by atomic mass is 9.95. The van der Waals surface area contributed by atoms with Crippen molar-refractivity contribution < 1.29 is 4.57 Å². The van der Waals surface area contributed by atoms with Gasteiger partial charge in [-0.3, -0.25) is 4.98 Å². The van der Waals surface area contributed by atoms with E-state index in [9.17, 15) is 0 Å². The molecule has 0 bridgehead atoms. The van der Waals surface area contributed by atoms with Crippen LogP contribution in [0.4, 0.5) is 0 Å². The number of pyridine rings is 2. The Labute approximate surface area is 185 Å². The van der Waals surface area contributed by atoms with Crippen molar-refractivity contribution in [1.82, 2.24) is 4.98 Å². The minimum Gasteiger partial charge on any atom is -0.260 e. The number of benzene rings is 2. The van der Waals surface area contributed by atoms with Gasteiger partial charge in [0, 0.05) is 41.1 Å². The van der Waals surface area contributed by atoms with Crippen LogP contribution in [0.25, 0.3) is 33.3 Å². The zero-order valence-electron chi connectivity index (χ0n) is 19.1. The Balaban J connectivity index is 1.60. The highest BCUT2D eigenvalue weighted by Gasteiger charge is 2.20. The summed E-state index contributed by atoms with van der Waals surface area (Å²) in [6, 6.07) is 20.2. The summed E-state index contributed by atoms with van der Waals surface area (Å²) in [4.78, 5) is 4.86. The van der Waals surface area contributed by atoms with Crippen molar-refractivity contribution >= 4 is 10.9 Å². The van der Waals surface area contributed by atoms with E-state index in [0.29, 0.717) is 5.92 Å². The van der Waals surface area contributed by atoms with Gasteiger partial charge in [-0.15, -0.1) is 0 Å². The second-order valence-corrected chi connectivity index (χ2v) is 9.22. The van der Waals surface area contributed by atoms with Gasteiger partial charge >= 0.3 is 0 Å². The largest absolute Gasteiger partial charge is 0.260 e. The van der Waals surface area contributed by atoms with Gasteiger partial charge in [-0.05, 0) is 68.5 Å². The Hall–Kier alpha value is -3.00. The molecular weight excluding hydrogens is 376 g/mol. The van der Waals surface area contributed by atoms with Crippen LogP contribution < -0.4 is 4.57 Å². The molecular formula is C29H31N2+. The van der Waals surface area contributed by atoms with Crippen molar-refractivity contribution in [2.24, 2.45) is 7.05 Å². The lowest BCUT2D eigenvalue weighted by molar-refractivity contribution is -0.633. The Kier molecular flexibility index (Phi) is 5.09. The third kappa shape index (κ3) is 3.54. The van der Waals surface area contributed by atoms with Crippen LogP contribution in [0.15, 0.2) is 60.8 Å². The molecule has 156 valence electrons. The summed E-state index contributed by atoms with van der Waals surface area (Å²) in [5.74, 6) is 0.656. The van der Waals surface area contributed by atoms with Gasteiger partial charge in [-0.25, -0.2) is 0 Å². The zero-order chi connectivity index (χ0) is 21.5. The number of hydrogen-bond acceptors (Lipinski definition) is 1. The van der Waals surface area contributed by atoms with Crippen molar-refractivity contribution in [3.8, 4) is 22.4 Å². The van der Waals surface area contributed by atoms with Crippen LogP contribution in [0.2, 0.25) is 0 Å². The second kappa shape index (κ2) is 7.92. The maximum Gasteiger partial charge on any atom is 0.213 e. The lowest BCUT2D eigenvalue weighted by Gasteiger charge is -2.12. The maximum atomic E-state index is 4.86. The molecule has 0 radical (unpaired) electrons. The van der Waals surface area contributed by atoms with Crippen molar-refractivity contribution in [3.05, 3.63) is 83.2 Å². The molecule has 1 fully saturated rings. The molecule has 0 unspecified atom stereocenters. The quantitative estimate of drug-likeness (QED) is 0.335. The average Bonchev–Trinajstić information content (AvgIpc) is 3.32. The van der Waals surface area contributed by atoms with Crippen LogP contribution in [0.5, 0.6) is 0 Å². The first-order valence-corrected chi connectivity index (χ1v) is 11.5. The number of nitrogens with zero attached hydrogens (tertiary/aromatic N) is 2. The molecule has 1 aliphatic rings. The smallest absolute Gasteiger partial charge is 0.213 e. The summed E-state index contributed by atoms with van der Waals surface area (Å²) in [6.07, 6.45) is 7.34. The topological polar surface area (TPSA) is 16.8 Å². The first-order valence-electron chi connectivity index (χ1n) is 11.5. The molecule has 1 aliphatic carbocycles. The first kappa shape index (κ1) is 19.9. The van der Waals surface area contributed by atoms with E-state index < -0.39 is 0 Å². The van der Waals surface area contributed by atoms with Crippen molar-refractivity contribution in [3.63, 3.8) is 0 Å². The molecule has 0 spiro atoms. The molecule has 0 N–H and O–H groups in total. The van der Waals surface area contributed by atoms with Gasteiger partial charge in [0.15, 0.2) is 0 Å². The van der Waals surface area contributed by atoms with E-state index in [1.54, 1.807) is 0 Å². The van der Waals surface area contributed by atoms with Crippen LogP contribution in [0, 0.1) is 20.8 Å². The van der Waals surface area contributed by atoms with Gasteiger partial charge in [0.25, 0.3) is 0 Å². The van der Waals surface area contributed by atoms with Crippen LogP contribution >= 0.6 is 0 Å². The van der Waals surface area contributed by atoms with E-state index in [2.05, 4.69) is 93.2 Å². The number of rotatable bonds is 3. The van der Waals surface area contributed by atoms with Crippen molar-refractivity contribution in [2.45, 2.75) is 52.4 Å². The van der Waals surface area contributed by atoms with E-state index in [1.807, 2.05) is 0 Å². The molecule has 4 aromatic rings. The third-order valence-corrected chi connectivity index (χ3v) is 7.17. The summed E-state index contributed by atoms with van der Waals surface area (Å²) in [5, 5.41) is 1.27. The SMILES string of the molecule is Cc1cc(C)c(C)c(-c2ccc3c(-c4ccc(C5CCCC5)nc4)cccc3[n+]2C)c1. The van der Waals surface area contributed by atoms with E-state index in [4.69, 9.17) is 4.98 Å². The minimum atomic E-state index is 0.656. The predicted molar refractivity (Wildman–Crippen MR) is 129 cm³/mol.